The van der Waals surface area contributed by atoms with Gasteiger partial charge < -0.3 is 5.73 Å². The molecule has 0 amide bonds. The monoisotopic (exact) mass is 343 g/mol. The predicted molar refractivity (Wildman–Crippen MR) is 97.0 cm³/mol. The van der Waals surface area contributed by atoms with Crippen LogP contribution in [0, 0.1) is 0 Å². The lowest BCUT2D eigenvalue weighted by Crippen LogP contribution is -2.05. The van der Waals surface area contributed by atoms with Crippen LogP contribution in [0.1, 0.15) is 54.9 Å². The number of benzene rings is 1. The number of aryl methyl sites for hydroxylation is 1. The first kappa shape index (κ1) is 21.2. The first-order valence-electron chi connectivity index (χ1n) is 7.65. The Hall–Kier alpha value is -0.840. The first-order valence-corrected chi connectivity index (χ1v) is 8.63. The standard InChI is InChI=1S/C17H25NO2S.ClH/c1-2-3-6-17(20)21-13-11-14-7-9-15(10-8-14)16(19)5-4-12-18;/h7-10H,2-6,11-13,18H2,1H3;1H. The maximum atomic E-state index is 11.8. The molecule has 0 saturated heterocycles. The van der Waals surface area contributed by atoms with Crippen molar-refractivity contribution < 1.29 is 9.59 Å². The summed E-state index contributed by atoms with van der Waals surface area (Å²) in [7, 11) is 0. The van der Waals surface area contributed by atoms with Crippen LogP contribution in [0.4, 0.5) is 0 Å². The summed E-state index contributed by atoms with van der Waals surface area (Å²) in [6.07, 6.45) is 4.82. The Morgan fingerprint density at radius 2 is 1.77 bits per heavy atom. The minimum absolute atomic E-state index is 0. The van der Waals surface area contributed by atoms with E-state index in [9.17, 15) is 9.59 Å². The van der Waals surface area contributed by atoms with Crippen molar-refractivity contribution in [2.24, 2.45) is 5.73 Å². The molecule has 0 aliphatic carbocycles. The van der Waals surface area contributed by atoms with Gasteiger partial charge in [-0.15, -0.1) is 12.4 Å². The third kappa shape index (κ3) is 8.57. The SMILES string of the molecule is CCCCC(=O)SCCc1ccc(C(=O)CCCN)cc1.Cl. The number of thioether (sulfide) groups is 1. The number of nitrogens with two attached hydrogens (primary N) is 1. The fourth-order valence-electron chi connectivity index (χ4n) is 1.94. The Bertz CT molecular complexity index is 448. The third-order valence-electron chi connectivity index (χ3n) is 3.27. The predicted octanol–water partition coefficient (Wildman–Crippen LogP) is 4.02. The van der Waals surface area contributed by atoms with E-state index < -0.39 is 0 Å². The summed E-state index contributed by atoms with van der Waals surface area (Å²) in [5.74, 6) is 0.958. The number of carbonyl (C=O) groups excluding carboxylic acids is 2. The van der Waals surface area contributed by atoms with Crippen molar-refractivity contribution in [1.29, 1.82) is 0 Å². The molecule has 22 heavy (non-hydrogen) atoms. The summed E-state index contributed by atoms with van der Waals surface area (Å²) in [5, 5.41) is 0.283. The van der Waals surface area contributed by atoms with E-state index in [1.807, 2.05) is 24.3 Å². The molecule has 2 N–H and O–H groups in total. The maximum Gasteiger partial charge on any atom is 0.188 e. The van der Waals surface area contributed by atoms with E-state index in [1.165, 1.54) is 17.3 Å². The molecule has 1 aromatic rings. The molecule has 0 spiro atoms. The van der Waals surface area contributed by atoms with Crippen molar-refractivity contribution in [1.82, 2.24) is 0 Å². The van der Waals surface area contributed by atoms with Gasteiger partial charge in [0, 0.05) is 24.2 Å². The number of halogens is 1. The van der Waals surface area contributed by atoms with Crippen LogP contribution < -0.4 is 5.73 Å². The molecule has 5 heteroatoms. The second-order valence-electron chi connectivity index (χ2n) is 5.09. The third-order valence-corrected chi connectivity index (χ3v) is 4.21. The molecule has 0 aromatic heterocycles. The van der Waals surface area contributed by atoms with Gasteiger partial charge in [0.25, 0.3) is 0 Å². The zero-order valence-electron chi connectivity index (χ0n) is 13.2. The average molecular weight is 344 g/mol. The number of carbonyl (C=O) groups is 2. The number of hydrogen-bond acceptors (Lipinski definition) is 4. The van der Waals surface area contributed by atoms with Gasteiger partial charge in [0.2, 0.25) is 0 Å². The van der Waals surface area contributed by atoms with E-state index in [0.717, 1.165) is 37.0 Å². The highest BCUT2D eigenvalue weighted by atomic mass is 35.5. The van der Waals surface area contributed by atoms with Crippen LogP contribution in [0.15, 0.2) is 24.3 Å². The zero-order valence-corrected chi connectivity index (χ0v) is 14.8. The molecule has 3 nitrogen and oxygen atoms in total. The van der Waals surface area contributed by atoms with Crippen LogP contribution in [-0.2, 0) is 11.2 Å². The first-order chi connectivity index (χ1) is 10.2. The van der Waals surface area contributed by atoms with Gasteiger partial charge >= 0.3 is 0 Å². The van der Waals surface area contributed by atoms with Gasteiger partial charge in [-0.3, -0.25) is 9.59 Å². The highest BCUT2D eigenvalue weighted by Crippen LogP contribution is 2.13. The average Bonchev–Trinajstić information content (AvgIpc) is 2.51. The molecule has 124 valence electrons. The van der Waals surface area contributed by atoms with E-state index in [2.05, 4.69) is 6.92 Å². The lowest BCUT2D eigenvalue weighted by molar-refractivity contribution is -0.111. The van der Waals surface area contributed by atoms with Gasteiger partial charge in [-0.05, 0) is 31.4 Å². The van der Waals surface area contributed by atoms with E-state index in [-0.39, 0.29) is 23.3 Å². The summed E-state index contributed by atoms with van der Waals surface area (Å²) >= 11 is 1.41. The van der Waals surface area contributed by atoms with Crippen molar-refractivity contribution in [2.75, 3.05) is 12.3 Å². The van der Waals surface area contributed by atoms with Gasteiger partial charge in [0.05, 0.1) is 0 Å². The summed E-state index contributed by atoms with van der Waals surface area (Å²) in [4.78, 5) is 23.4. The Morgan fingerprint density at radius 3 is 2.36 bits per heavy atom. The number of rotatable bonds is 10. The molecule has 0 atom stereocenters. The highest BCUT2D eigenvalue weighted by Gasteiger charge is 2.06. The molecule has 0 radical (unpaired) electrons. The van der Waals surface area contributed by atoms with Gasteiger partial charge in [0.1, 0.15) is 0 Å². The van der Waals surface area contributed by atoms with Gasteiger partial charge in [-0.25, -0.2) is 0 Å². The second kappa shape index (κ2) is 12.7. The fourth-order valence-corrected chi connectivity index (χ4v) is 2.79. The lowest BCUT2D eigenvalue weighted by atomic mass is 10.0. The van der Waals surface area contributed by atoms with Crippen LogP contribution >= 0.6 is 24.2 Å². The summed E-state index contributed by atoms with van der Waals surface area (Å²) < 4.78 is 0. The molecule has 0 unspecified atom stereocenters. The van der Waals surface area contributed by atoms with E-state index in [0.29, 0.717) is 19.4 Å². The largest absolute Gasteiger partial charge is 0.330 e. The Morgan fingerprint density at radius 1 is 1.09 bits per heavy atom. The quantitative estimate of drug-likeness (QED) is 0.652. The molecular weight excluding hydrogens is 318 g/mol. The zero-order chi connectivity index (χ0) is 15.5. The molecule has 1 rings (SSSR count). The molecule has 0 bridgehead atoms. The van der Waals surface area contributed by atoms with Crippen LogP contribution in [0.3, 0.4) is 0 Å². The Labute approximate surface area is 143 Å². The van der Waals surface area contributed by atoms with E-state index >= 15 is 0 Å². The highest BCUT2D eigenvalue weighted by molar-refractivity contribution is 8.13. The Balaban J connectivity index is 0.00000441. The number of ketones is 1. The molecule has 1 aromatic carbocycles. The number of unbranched alkanes of at least 4 members (excludes halogenated alkanes) is 1. The molecule has 0 fully saturated rings. The van der Waals surface area contributed by atoms with Crippen LogP contribution in [0.2, 0.25) is 0 Å². The normalized spacial score (nSPS) is 10.1. The second-order valence-corrected chi connectivity index (χ2v) is 6.24. The summed E-state index contributed by atoms with van der Waals surface area (Å²) in [6.45, 7) is 2.64. The smallest absolute Gasteiger partial charge is 0.188 e. The van der Waals surface area contributed by atoms with Gasteiger partial charge in [-0.1, -0.05) is 49.4 Å². The number of hydrogen-bond donors (Lipinski definition) is 1. The van der Waals surface area contributed by atoms with Crippen LogP contribution in [-0.4, -0.2) is 23.2 Å². The van der Waals surface area contributed by atoms with Crippen molar-refractivity contribution in [2.45, 2.75) is 45.4 Å². The fraction of sp³-hybridized carbons (Fsp3) is 0.529. The molecule has 0 aliphatic rings. The topological polar surface area (TPSA) is 60.2 Å². The lowest BCUT2D eigenvalue weighted by Gasteiger charge is -2.04. The van der Waals surface area contributed by atoms with Crippen LogP contribution in [0.5, 0.6) is 0 Å². The van der Waals surface area contributed by atoms with Crippen LogP contribution in [0.25, 0.3) is 0 Å². The van der Waals surface area contributed by atoms with E-state index in [1.54, 1.807) is 0 Å². The minimum atomic E-state index is 0. The van der Waals surface area contributed by atoms with Crippen molar-refractivity contribution in [3.05, 3.63) is 35.4 Å². The minimum Gasteiger partial charge on any atom is -0.330 e. The van der Waals surface area contributed by atoms with E-state index in [4.69, 9.17) is 5.73 Å². The van der Waals surface area contributed by atoms with Gasteiger partial charge in [-0.2, -0.15) is 0 Å². The van der Waals surface area contributed by atoms with Gasteiger partial charge in [0.15, 0.2) is 10.9 Å². The summed E-state index contributed by atoms with van der Waals surface area (Å²) in [6, 6.07) is 7.70. The molecular formula is C17H26ClNO2S. The number of Topliss-reactive ketones (excluding diaryl/α,β-unsaturated/α-hetero) is 1. The van der Waals surface area contributed by atoms with Crippen molar-refractivity contribution >= 4 is 35.1 Å². The Kier molecular flexibility index (Phi) is 12.2. The van der Waals surface area contributed by atoms with Crippen molar-refractivity contribution in [3.8, 4) is 0 Å². The maximum absolute atomic E-state index is 11.8. The molecule has 0 aliphatic heterocycles. The molecule has 0 saturated carbocycles. The van der Waals surface area contributed by atoms with Crippen molar-refractivity contribution in [3.63, 3.8) is 0 Å². The summed E-state index contributed by atoms with van der Waals surface area (Å²) in [5.41, 5.74) is 7.32. The molecule has 0 heterocycles.